The number of hydrogen-bond donors (Lipinski definition) is 8. The molecule has 1 amide bonds. The van der Waals surface area contributed by atoms with Crippen LogP contribution >= 0.6 is 0 Å². The number of unbranched alkanes of at least 4 members (excludes halogenated alkanes) is 24. The van der Waals surface area contributed by atoms with Gasteiger partial charge in [0.2, 0.25) is 5.91 Å². The van der Waals surface area contributed by atoms with Gasteiger partial charge in [-0.2, -0.15) is 0 Å². The van der Waals surface area contributed by atoms with Crippen molar-refractivity contribution in [3.8, 4) is 0 Å². The summed E-state index contributed by atoms with van der Waals surface area (Å²) in [4.78, 5) is 13.1. The molecule has 8 N–H and O–H groups in total. The van der Waals surface area contributed by atoms with Gasteiger partial charge < -0.3 is 50.5 Å². The molecule has 0 radical (unpaired) electrons. The maximum atomic E-state index is 13.1. The second-order valence-electron chi connectivity index (χ2n) is 16.5. The van der Waals surface area contributed by atoms with E-state index in [1.807, 2.05) is 0 Å². The maximum absolute atomic E-state index is 13.1. The average molecular weight is 802 g/mol. The molecule has 1 aliphatic heterocycles. The van der Waals surface area contributed by atoms with Crippen molar-refractivity contribution >= 4 is 5.91 Å². The first kappa shape index (κ1) is 52.9. The third kappa shape index (κ3) is 25.4. The van der Waals surface area contributed by atoms with Gasteiger partial charge in [-0.25, -0.2) is 0 Å². The normalized spacial score (nSPS) is 22.3. The Morgan fingerprint density at radius 3 is 1.54 bits per heavy atom. The molecule has 0 spiro atoms. The molecule has 56 heavy (non-hydrogen) atoms. The second-order valence-corrected chi connectivity index (χ2v) is 16.5. The summed E-state index contributed by atoms with van der Waals surface area (Å²) in [6.45, 7) is 3.42. The number of amides is 1. The number of aliphatic hydroxyl groups excluding tert-OH is 7. The number of hydrogen-bond acceptors (Lipinski definition) is 10. The van der Waals surface area contributed by atoms with Gasteiger partial charge in [-0.3, -0.25) is 4.79 Å². The van der Waals surface area contributed by atoms with Gasteiger partial charge in [-0.1, -0.05) is 174 Å². The summed E-state index contributed by atoms with van der Waals surface area (Å²) in [6.07, 6.45) is 25.5. The van der Waals surface area contributed by atoms with Gasteiger partial charge in [0.25, 0.3) is 0 Å². The number of ether oxygens (including phenoxy) is 2. The molecule has 1 rings (SSSR count). The molecular weight excluding hydrogens is 714 g/mol. The molecule has 332 valence electrons. The van der Waals surface area contributed by atoms with E-state index in [2.05, 4.69) is 31.3 Å². The molecule has 1 saturated heterocycles. The number of aliphatic hydroxyl groups is 7. The fraction of sp³-hybridized carbons (Fsp3) is 0.933. The fourth-order valence-electron chi connectivity index (χ4n) is 7.44. The highest BCUT2D eigenvalue weighted by Crippen LogP contribution is 2.23. The molecule has 1 fully saturated rings. The molecule has 0 aromatic rings. The Morgan fingerprint density at radius 2 is 1.05 bits per heavy atom. The van der Waals surface area contributed by atoms with Gasteiger partial charge in [-0.15, -0.1) is 0 Å². The SMILES string of the molecule is CCCCCCCCCCCCC/C=C/CCCC(O)C(O)C(COC1OC(CO)C(O)C(O)C1O)NC(=O)C(O)CCCCCCCCCCCCCCC. The molecule has 0 aliphatic carbocycles. The van der Waals surface area contributed by atoms with E-state index in [0.717, 1.165) is 38.5 Å². The van der Waals surface area contributed by atoms with Crippen LogP contribution in [-0.4, -0.2) is 110 Å². The van der Waals surface area contributed by atoms with Gasteiger partial charge in [0.1, 0.15) is 36.6 Å². The Bertz CT molecular complexity index is 923. The zero-order chi connectivity index (χ0) is 41.2. The number of allylic oxidation sites excluding steroid dienone is 2. The summed E-state index contributed by atoms with van der Waals surface area (Å²) in [7, 11) is 0. The summed E-state index contributed by atoms with van der Waals surface area (Å²) >= 11 is 0. The van der Waals surface area contributed by atoms with Gasteiger partial charge in [0, 0.05) is 0 Å². The predicted molar refractivity (Wildman–Crippen MR) is 224 cm³/mol. The minimum atomic E-state index is -1.66. The van der Waals surface area contributed by atoms with Crippen LogP contribution in [0, 0.1) is 0 Å². The van der Waals surface area contributed by atoms with Crippen LogP contribution in [0.15, 0.2) is 12.2 Å². The lowest BCUT2D eigenvalue weighted by atomic mass is 9.98. The maximum Gasteiger partial charge on any atom is 0.249 e. The van der Waals surface area contributed by atoms with E-state index in [-0.39, 0.29) is 12.8 Å². The van der Waals surface area contributed by atoms with Crippen molar-refractivity contribution in [1.82, 2.24) is 5.32 Å². The average Bonchev–Trinajstić information content (AvgIpc) is 3.20. The lowest BCUT2D eigenvalue weighted by Crippen LogP contribution is -2.60. The van der Waals surface area contributed by atoms with E-state index in [9.17, 15) is 40.5 Å². The molecule has 0 aromatic heterocycles. The zero-order valence-electron chi connectivity index (χ0n) is 35.6. The molecule has 1 heterocycles. The van der Waals surface area contributed by atoms with Crippen LogP contribution in [0.1, 0.15) is 200 Å². The van der Waals surface area contributed by atoms with E-state index in [4.69, 9.17) is 9.47 Å². The highest BCUT2D eigenvalue weighted by Gasteiger charge is 2.44. The van der Waals surface area contributed by atoms with Gasteiger partial charge in [0.05, 0.1) is 25.4 Å². The molecule has 0 saturated carbocycles. The van der Waals surface area contributed by atoms with E-state index in [1.165, 1.54) is 122 Å². The van der Waals surface area contributed by atoms with Gasteiger partial charge in [0.15, 0.2) is 6.29 Å². The van der Waals surface area contributed by atoms with E-state index >= 15 is 0 Å². The van der Waals surface area contributed by atoms with Crippen molar-refractivity contribution in [1.29, 1.82) is 0 Å². The summed E-state index contributed by atoms with van der Waals surface area (Å²) in [5.74, 6) is -0.706. The Morgan fingerprint density at radius 1 is 0.607 bits per heavy atom. The molecular formula is C45H87NO10. The topological polar surface area (TPSA) is 189 Å². The minimum absolute atomic E-state index is 0.258. The van der Waals surface area contributed by atoms with Crippen LogP contribution in [0.25, 0.3) is 0 Å². The summed E-state index contributed by atoms with van der Waals surface area (Å²) in [5, 5.41) is 75.6. The van der Waals surface area contributed by atoms with E-state index in [1.54, 1.807) is 0 Å². The molecule has 11 nitrogen and oxygen atoms in total. The third-order valence-electron chi connectivity index (χ3n) is 11.3. The number of rotatable bonds is 38. The first-order chi connectivity index (χ1) is 27.2. The molecule has 9 atom stereocenters. The zero-order valence-corrected chi connectivity index (χ0v) is 35.6. The van der Waals surface area contributed by atoms with Gasteiger partial charge >= 0.3 is 0 Å². The molecule has 9 unspecified atom stereocenters. The lowest BCUT2D eigenvalue weighted by molar-refractivity contribution is -0.303. The van der Waals surface area contributed by atoms with Crippen LogP contribution in [0.2, 0.25) is 0 Å². The summed E-state index contributed by atoms with van der Waals surface area (Å²) in [6, 6.07) is -1.18. The van der Waals surface area contributed by atoms with Gasteiger partial charge in [-0.05, 0) is 38.5 Å². The van der Waals surface area contributed by atoms with Crippen LogP contribution in [0.5, 0.6) is 0 Å². The third-order valence-corrected chi connectivity index (χ3v) is 11.3. The van der Waals surface area contributed by atoms with E-state index < -0.39 is 74.2 Å². The quantitative estimate of drug-likeness (QED) is 0.0233. The summed E-state index contributed by atoms with van der Waals surface area (Å²) in [5.41, 5.74) is 0. The van der Waals surface area contributed by atoms with Crippen molar-refractivity contribution in [3.05, 3.63) is 12.2 Å². The van der Waals surface area contributed by atoms with Crippen molar-refractivity contribution in [2.75, 3.05) is 13.2 Å². The number of carbonyl (C=O) groups excluding carboxylic acids is 1. The number of carbonyl (C=O) groups is 1. The van der Waals surface area contributed by atoms with Crippen molar-refractivity contribution in [2.24, 2.45) is 0 Å². The Labute approximate surface area is 341 Å². The monoisotopic (exact) mass is 802 g/mol. The molecule has 0 bridgehead atoms. The van der Waals surface area contributed by atoms with E-state index in [0.29, 0.717) is 12.8 Å². The molecule has 1 aliphatic rings. The molecule has 0 aromatic carbocycles. The largest absolute Gasteiger partial charge is 0.394 e. The lowest BCUT2D eigenvalue weighted by Gasteiger charge is -2.40. The minimum Gasteiger partial charge on any atom is -0.394 e. The number of nitrogens with one attached hydrogen (secondary N) is 1. The highest BCUT2D eigenvalue weighted by molar-refractivity contribution is 5.80. The second kappa shape index (κ2) is 35.8. The van der Waals surface area contributed by atoms with Crippen LogP contribution in [0.4, 0.5) is 0 Å². The van der Waals surface area contributed by atoms with Crippen molar-refractivity contribution < 1.29 is 50.0 Å². The Balaban J connectivity index is 2.48. The fourth-order valence-corrected chi connectivity index (χ4v) is 7.44. The highest BCUT2D eigenvalue weighted by atomic mass is 16.7. The van der Waals surface area contributed by atoms with Crippen LogP contribution < -0.4 is 5.32 Å². The standard InChI is InChI=1S/C45H87NO10/c1-3-5-7-9-11-13-15-17-18-19-21-22-24-26-28-30-32-37(48)40(50)36(35-55-45-43(53)42(52)41(51)39(34-47)56-45)46-44(54)38(49)33-31-29-27-25-23-20-16-14-12-10-8-6-4-2/h24,26,36-43,45,47-53H,3-23,25,27-35H2,1-2H3,(H,46,54)/b26-24+. The first-order valence-electron chi connectivity index (χ1n) is 23.1. The summed E-state index contributed by atoms with van der Waals surface area (Å²) < 4.78 is 11.1. The van der Waals surface area contributed by atoms with Crippen molar-refractivity contribution in [2.45, 2.75) is 255 Å². The Kier molecular flexibility index (Phi) is 33.8. The first-order valence-corrected chi connectivity index (χ1v) is 23.1. The predicted octanol–water partition coefficient (Wildman–Crippen LogP) is 7.28. The van der Waals surface area contributed by atoms with Crippen LogP contribution in [-0.2, 0) is 14.3 Å². The molecule has 11 heteroatoms. The smallest absolute Gasteiger partial charge is 0.249 e. The van der Waals surface area contributed by atoms with Crippen molar-refractivity contribution in [3.63, 3.8) is 0 Å². The van der Waals surface area contributed by atoms with Crippen LogP contribution in [0.3, 0.4) is 0 Å². The Hall–Kier alpha value is -1.15.